The number of hydrogen-bond donors (Lipinski definition) is 3. The number of nitrogens with zero attached hydrogens (tertiary/aromatic N) is 1. The SMILES string of the molecule is CC(=O)NCc1ccc(F)c(CCNC(=S)Nc2ccc(Br)cn2)c1F. The van der Waals surface area contributed by atoms with E-state index in [1.807, 2.05) is 6.07 Å². The summed E-state index contributed by atoms with van der Waals surface area (Å²) in [6.07, 6.45) is 1.72. The summed E-state index contributed by atoms with van der Waals surface area (Å²) < 4.78 is 29.2. The fourth-order valence-corrected chi connectivity index (χ4v) is 2.58. The van der Waals surface area contributed by atoms with Crippen molar-refractivity contribution in [3.63, 3.8) is 0 Å². The Kier molecular flexibility index (Phi) is 7.40. The molecule has 0 saturated heterocycles. The molecule has 0 fully saturated rings. The van der Waals surface area contributed by atoms with Gasteiger partial charge in [0, 0.05) is 41.8 Å². The maximum absolute atomic E-state index is 14.4. The van der Waals surface area contributed by atoms with Crippen molar-refractivity contribution in [2.75, 3.05) is 11.9 Å². The van der Waals surface area contributed by atoms with E-state index in [1.54, 1.807) is 12.3 Å². The van der Waals surface area contributed by atoms with E-state index in [0.717, 1.165) is 4.47 Å². The summed E-state index contributed by atoms with van der Waals surface area (Å²) in [7, 11) is 0. The monoisotopic (exact) mass is 442 g/mol. The van der Waals surface area contributed by atoms with E-state index >= 15 is 0 Å². The van der Waals surface area contributed by atoms with Crippen molar-refractivity contribution in [1.29, 1.82) is 0 Å². The first-order valence-corrected chi connectivity index (χ1v) is 8.93. The molecule has 1 amide bonds. The molecule has 26 heavy (non-hydrogen) atoms. The minimum absolute atomic E-state index is 0.0110. The van der Waals surface area contributed by atoms with Crippen LogP contribution in [0, 0.1) is 11.6 Å². The molecule has 1 aromatic heterocycles. The average molecular weight is 443 g/mol. The number of carbonyl (C=O) groups is 1. The summed E-state index contributed by atoms with van der Waals surface area (Å²) in [5.74, 6) is -1.02. The molecular weight excluding hydrogens is 426 g/mol. The van der Waals surface area contributed by atoms with E-state index in [-0.39, 0.29) is 36.5 Å². The molecule has 0 saturated carbocycles. The third kappa shape index (κ3) is 5.99. The number of carbonyl (C=O) groups excluding carboxylic acids is 1. The van der Waals surface area contributed by atoms with Gasteiger partial charge in [0.15, 0.2) is 5.11 Å². The van der Waals surface area contributed by atoms with E-state index < -0.39 is 11.6 Å². The van der Waals surface area contributed by atoms with Gasteiger partial charge in [0.1, 0.15) is 17.5 Å². The Hall–Kier alpha value is -2.13. The van der Waals surface area contributed by atoms with Gasteiger partial charge in [-0.3, -0.25) is 4.79 Å². The molecule has 0 bridgehead atoms. The molecule has 0 atom stereocenters. The molecule has 1 heterocycles. The molecule has 0 aliphatic carbocycles. The van der Waals surface area contributed by atoms with Gasteiger partial charge >= 0.3 is 0 Å². The minimum atomic E-state index is -0.658. The Morgan fingerprint density at radius 2 is 2.00 bits per heavy atom. The van der Waals surface area contributed by atoms with Crippen LogP contribution in [0.3, 0.4) is 0 Å². The van der Waals surface area contributed by atoms with E-state index in [1.165, 1.54) is 19.1 Å². The maximum Gasteiger partial charge on any atom is 0.217 e. The van der Waals surface area contributed by atoms with Crippen molar-refractivity contribution >= 4 is 45.0 Å². The second-order valence-electron chi connectivity index (χ2n) is 5.40. The van der Waals surface area contributed by atoms with Crippen LogP contribution < -0.4 is 16.0 Å². The fraction of sp³-hybridized carbons (Fsp3) is 0.235. The summed E-state index contributed by atoms with van der Waals surface area (Å²) in [4.78, 5) is 15.1. The van der Waals surface area contributed by atoms with Gasteiger partial charge in [0.2, 0.25) is 5.91 Å². The van der Waals surface area contributed by atoms with E-state index in [4.69, 9.17) is 12.2 Å². The molecule has 5 nitrogen and oxygen atoms in total. The molecule has 138 valence electrons. The standard InChI is InChI=1S/C17H17BrF2N4OS/c1-10(25)22-8-11-2-4-14(19)13(16(11)20)6-7-21-17(26)24-15-5-3-12(18)9-23-15/h2-5,9H,6-8H2,1H3,(H,22,25)(H2,21,23,24,26). The van der Waals surface area contributed by atoms with Crippen molar-refractivity contribution < 1.29 is 13.6 Å². The van der Waals surface area contributed by atoms with E-state index in [2.05, 4.69) is 36.9 Å². The number of hydrogen-bond acceptors (Lipinski definition) is 3. The van der Waals surface area contributed by atoms with Crippen LogP contribution in [0.2, 0.25) is 0 Å². The van der Waals surface area contributed by atoms with Crippen LogP contribution >= 0.6 is 28.1 Å². The molecule has 3 N–H and O–H groups in total. The van der Waals surface area contributed by atoms with Crippen LogP contribution in [0.4, 0.5) is 14.6 Å². The maximum atomic E-state index is 14.4. The van der Waals surface area contributed by atoms with Gasteiger partial charge in [-0.1, -0.05) is 6.07 Å². The highest BCUT2D eigenvalue weighted by atomic mass is 79.9. The van der Waals surface area contributed by atoms with Crippen molar-refractivity contribution in [3.05, 3.63) is 57.7 Å². The minimum Gasteiger partial charge on any atom is -0.362 e. The molecule has 9 heteroatoms. The van der Waals surface area contributed by atoms with Gasteiger partial charge < -0.3 is 16.0 Å². The number of rotatable bonds is 6. The highest BCUT2D eigenvalue weighted by Crippen LogP contribution is 2.17. The summed E-state index contributed by atoms with van der Waals surface area (Å²) in [5.41, 5.74) is 0.182. The van der Waals surface area contributed by atoms with Crippen molar-refractivity contribution in [1.82, 2.24) is 15.6 Å². The van der Waals surface area contributed by atoms with E-state index in [0.29, 0.717) is 10.9 Å². The average Bonchev–Trinajstić information content (AvgIpc) is 2.59. The molecule has 0 radical (unpaired) electrons. The Morgan fingerprint density at radius 3 is 2.65 bits per heavy atom. The number of nitrogens with one attached hydrogen (secondary N) is 3. The lowest BCUT2D eigenvalue weighted by atomic mass is 10.1. The number of benzene rings is 1. The smallest absolute Gasteiger partial charge is 0.217 e. The van der Waals surface area contributed by atoms with Crippen LogP contribution in [0.25, 0.3) is 0 Å². The molecule has 2 rings (SSSR count). The first kappa shape index (κ1) is 20.2. The second kappa shape index (κ2) is 9.54. The van der Waals surface area contributed by atoms with Crippen molar-refractivity contribution in [2.24, 2.45) is 0 Å². The third-order valence-corrected chi connectivity index (χ3v) is 4.14. The summed E-state index contributed by atoms with van der Waals surface area (Å²) >= 11 is 8.42. The van der Waals surface area contributed by atoms with Crippen LogP contribution in [-0.2, 0) is 17.8 Å². The van der Waals surface area contributed by atoms with Crippen molar-refractivity contribution in [2.45, 2.75) is 19.9 Å². The van der Waals surface area contributed by atoms with Crippen LogP contribution in [0.5, 0.6) is 0 Å². The summed E-state index contributed by atoms with van der Waals surface area (Å²) in [5, 5.41) is 8.56. The topological polar surface area (TPSA) is 66.1 Å². The number of thiocarbonyl (C=S) groups is 1. The molecular formula is C17H17BrF2N4OS. The molecule has 0 aliphatic rings. The molecule has 2 aromatic rings. The Bertz CT molecular complexity index is 802. The lowest BCUT2D eigenvalue weighted by Gasteiger charge is -2.12. The lowest BCUT2D eigenvalue weighted by Crippen LogP contribution is -2.31. The number of halogens is 3. The number of aromatic nitrogens is 1. The zero-order valence-electron chi connectivity index (χ0n) is 13.9. The van der Waals surface area contributed by atoms with Crippen LogP contribution in [0.15, 0.2) is 34.9 Å². The normalized spacial score (nSPS) is 10.3. The predicted octanol–water partition coefficient (Wildman–Crippen LogP) is 3.29. The molecule has 0 aliphatic heterocycles. The highest BCUT2D eigenvalue weighted by molar-refractivity contribution is 9.10. The van der Waals surface area contributed by atoms with Gasteiger partial charge in [-0.15, -0.1) is 0 Å². The van der Waals surface area contributed by atoms with Crippen LogP contribution in [0.1, 0.15) is 18.1 Å². The van der Waals surface area contributed by atoms with Gasteiger partial charge in [-0.25, -0.2) is 13.8 Å². The summed E-state index contributed by atoms with van der Waals surface area (Å²) in [6, 6.07) is 6.06. The van der Waals surface area contributed by atoms with Gasteiger partial charge in [0.25, 0.3) is 0 Å². The zero-order valence-corrected chi connectivity index (χ0v) is 16.3. The fourth-order valence-electron chi connectivity index (χ4n) is 2.14. The van der Waals surface area contributed by atoms with Gasteiger partial charge in [0.05, 0.1) is 0 Å². The Morgan fingerprint density at radius 1 is 1.23 bits per heavy atom. The molecule has 0 unspecified atom stereocenters. The number of pyridine rings is 1. The number of amides is 1. The van der Waals surface area contributed by atoms with Gasteiger partial charge in [-0.05, 0) is 52.8 Å². The zero-order chi connectivity index (χ0) is 19.1. The third-order valence-electron chi connectivity index (χ3n) is 3.42. The molecule has 0 spiro atoms. The van der Waals surface area contributed by atoms with Gasteiger partial charge in [-0.2, -0.15) is 0 Å². The first-order valence-electron chi connectivity index (χ1n) is 7.73. The largest absolute Gasteiger partial charge is 0.362 e. The van der Waals surface area contributed by atoms with E-state index in [9.17, 15) is 13.6 Å². The molecule has 1 aromatic carbocycles. The lowest BCUT2D eigenvalue weighted by molar-refractivity contribution is -0.119. The Labute approximate surface area is 163 Å². The highest BCUT2D eigenvalue weighted by Gasteiger charge is 2.14. The van der Waals surface area contributed by atoms with Crippen molar-refractivity contribution in [3.8, 4) is 0 Å². The second-order valence-corrected chi connectivity index (χ2v) is 6.73. The predicted molar refractivity (Wildman–Crippen MR) is 104 cm³/mol. The number of anilines is 1. The Balaban J connectivity index is 1.91. The summed E-state index contributed by atoms with van der Waals surface area (Å²) in [6.45, 7) is 1.58. The first-order chi connectivity index (χ1) is 12.4. The van der Waals surface area contributed by atoms with Crippen LogP contribution in [-0.4, -0.2) is 22.5 Å². The quantitative estimate of drug-likeness (QED) is 0.599.